The van der Waals surface area contributed by atoms with Gasteiger partial charge in [0.2, 0.25) is 0 Å². The van der Waals surface area contributed by atoms with Crippen LogP contribution in [0.5, 0.6) is 0 Å². The van der Waals surface area contributed by atoms with Crippen molar-refractivity contribution in [3.63, 3.8) is 0 Å². The molecule has 5 heteroatoms. The van der Waals surface area contributed by atoms with Gasteiger partial charge in [0.15, 0.2) is 0 Å². The van der Waals surface area contributed by atoms with Crippen LogP contribution in [0.3, 0.4) is 0 Å². The van der Waals surface area contributed by atoms with Crippen molar-refractivity contribution >= 4 is 33.0 Å². The summed E-state index contributed by atoms with van der Waals surface area (Å²) in [5, 5.41) is 9.95. The zero-order valence-corrected chi connectivity index (χ0v) is 13.8. The smallest absolute Gasteiger partial charge is 0.0815 e. The third kappa shape index (κ3) is 2.98. The zero-order chi connectivity index (χ0) is 14.8. The molecule has 0 bridgehead atoms. The van der Waals surface area contributed by atoms with Crippen molar-refractivity contribution < 1.29 is 0 Å². The van der Waals surface area contributed by atoms with E-state index in [0.29, 0.717) is 0 Å². The Hall–Kier alpha value is -1.36. The Labute approximate surface area is 133 Å². The van der Waals surface area contributed by atoms with E-state index in [1.54, 1.807) is 0 Å². The topological polar surface area (TPSA) is 29.9 Å². The molecule has 0 aliphatic heterocycles. The van der Waals surface area contributed by atoms with Crippen LogP contribution < -0.4 is 5.32 Å². The van der Waals surface area contributed by atoms with Crippen molar-refractivity contribution in [3.8, 4) is 0 Å². The van der Waals surface area contributed by atoms with Gasteiger partial charge in [0, 0.05) is 22.3 Å². The molecule has 0 aliphatic rings. The van der Waals surface area contributed by atoms with E-state index in [-0.39, 0.29) is 0 Å². The van der Waals surface area contributed by atoms with Gasteiger partial charge >= 0.3 is 0 Å². The van der Waals surface area contributed by atoms with Crippen LogP contribution in [0.4, 0.5) is 0 Å². The van der Waals surface area contributed by atoms with Crippen molar-refractivity contribution in [2.24, 2.45) is 0 Å². The van der Waals surface area contributed by atoms with Crippen LogP contribution in [0, 0.1) is 6.92 Å². The molecule has 0 amide bonds. The second-order valence-corrected chi connectivity index (χ2v) is 6.58. The third-order valence-electron chi connectivity index (χ3n) is 3.52. The fraction of sp³-hybridized carbons (Fsp3) is 0.312. The summed E-state index contributed by atoms with van der Waals surface area (Å²) >= 11 is 7.98. The number of nitrogens with zero attached hydrogens (tertiary/aromatic N) is 2. The second kappa shape index (κ2) is 6.18. The summed E-state index contributed by atoms with van der Waals surface area (Å²) in [5.41, 5.74) is 2.22. The number of thiophene rings is 1. The lowest BCUT2D eigenvalue weighted by Gasteiger charge is -2.06. The molecule has 21 heavy (non-hydrogen) atoms. The highest BCUT2D eigenvalue weighted by Gasteiger charge is 2.13. The molecule has 0 atom stereocenters. The maximum Gasteiger partial charge on any atom is 0.0815 e. The van der Waals surface area contributed by atoms with E-state index in [2.05, 4.69) is 41.6 Å². The second-order valence-electron chi connectivity index (χ2n) is 5.04. The summed E-state index contributed by atoms with van der Waals surface area (Å²) in [6.45, 7) is 6.70. The largest absolute Gasteiger partial charge is 0.312 e. The van der Waals surface area contributed by atoms with Crippen LogP contribution in [-0.4, -0.2) is 16.3 Å². The van der Waals surface area contributed by atoms with E-state index in [9.17, 15) is 0 Å². The highest BCUT2D eigenvalue weighted by Crippen LogP contribution is 2.32. The first kappa shape index (κ1) is 14.6. The number of aryl methyl sites for hydroxylation is 1. The van der Waals surface area contributed by atoms with Crippen molar-refractivity contribution in [2.45, 2.75) is 26.9 Å². The minimum atomic E-state index is 0.725. The number of fused-ring (bicyclic) bond motifs is 1. The molecule has 1 aromatic carbocycles. The lowest BCUT2D eigenvalue weighted by molar-refractivity contribution is 0.669. The van der Waals surface area contributed by atoms with E-state index in [4.69, 9.17) is 11.6 Å². The Kier molecular flexibility index (Phi) is 4.29. The molecule has 2 heterocycles. The van der Waals surface area contributed by atoms with Gasteiger partial charge in [0.1, 0.15) is 0 Å². The molecule has 3 rings (SSSR count). The summed E-state index contributed by atoms with van der Waals surface area (Å²) in [6, 6.07) is 8.56. The molecule has 2 aromatic heterocycles. The highest BCUT2D eigenvalue weighted by atomic mass is 35.5. The zero-order valence-electron chi connectivity index (χ0n) is 12.2. The molecular formula is C16H18ClN3S. The fourth-order valence-electron chi connectivity index (χ4n) is 2.44. The summed E-state index contributed by atoms with van der Waals surface area (Å²) in [6.07, 6.45) is 1.90. The molecule has 0 spiro atoms. The van der Waals surface area contributed by atoms with Gasteiger partial charge in [-0.05, 0) is 30.5 Å². The van der Waals surface area contributed by atoms with Gasteiger partial charge < -0.3 is 5.32 Å². The monoisotopic (exact) mass is 319 g/mol. The van der Waals surface area contributed by atoms with Crippen LogP contribution in [0.2, 0.25) is 5.02 Å². The predicted molar refractivity (Wildman–Crippen MR) is 90.3 cm³/mol. The molecule has 0 aliphatic carbocycles. The van der Waals surface area contributed by atoms with Crippen LogP contribution in [0.15, 0.2) is 30.5 Å². The summed E-state index contributed by atoms with van der Waals surface area (Å²) in [7, 11) is 0. The number of benzene rings is 1. The fourth-order valence-corrected chi connectivity index (χ4v) is 3.78. The highest BCUT2D eigenvalue weighted by molar-refractivity contribution is 7.19. The maximum absolute atomic E-state index is 6.12. The number of rotatable bonds is 5. The summed E-state index contributed by atoms with van der Waals surface area (Å²) in [4.78, 5) is 1.38. The Balaban J connectivity index is 2.01. The average Bonchev–Trinajstić information content (AvgIpc) is 2.98. The van der Waals surface area contributed by atoms with Crippen molar-refractivity contribution in [1.29, 1.82) is 0 Å². The molecule has 3 aromatic rings. The van der Waals surface area contributed by atoms with E-state index < -0.39 is 0 Å². The standard InChI is InChI=1S/C16H18ClN3S/c1-3-18-8-16-13(9-20-10-14(17)11(2)19-20)12-6-4-5-7-15(12)21-16/h4-7,10,18H,3,8-9H2,1-2H3. The van der Waals surface area contributed by atoms with Gasteiger partial charge in [-0.2, -0.15) is 5.10 Å². The Bertz CT molecular complexity index is 741. The molecule has 0 saturated heterocycles. The molecule has 3 nitrogen and oxygen atoms in total. The minimum Gasteiger partial charge on any atom is -0.312 e. The molecule has 110 valence electrons. The van der Waals surface area contributed by atoms with Gasteiger partial charge in [-0.25, -0.2) is 0 Å². The Morgan fingerprint density at radius 2 is 2.14 bits per heavy atom. The van der Waals surface area contributed by atoms with Crippen molar-refractivity contribution in [2.75, 3.05) is 6.54 Å². The normalized spacial score (nSPS) is 11.4. The maximum atomic E-state index is 6.12. The number of nitrogens with one attached hydrogen (secondary N) is 1. The van der Waals surface area contributed by atoms with E-state index >= 15 is 0 Å². The number of hydrogen-bond donors (Lipinski definition) is 1. The molecule has 0 fully saturated rings. The number of aromatic nitrogens is 2. The molecule has 0 unspecified atom stereocenters. The third-order valence-corrected chi connectivity index (χ3v) is 5.11. The van der Waals surface area contributed by atoms with Gasteiger partial charge in [-0.3, -0.25) is 4.68 Å². The van der Waals surface area contributed by atoms with Gasteiger partial charge in [-0.15, -0.1) is 11.3 Å². The predicted octanol–water partition coefficient (Wildman–Crippen LogP) is 4.22. The summed E-state index contributed by atoms with van der Waals surface area (Å²) in [5.74, 6) is 0. The van der Waals surface area contributed by atoms with Crippen LogP contribution in [0.25, 0.3) is 10.1 Å². The van der Waals surface area contributed by atoms with Crippen LogP contribution in [0.1, 0.15) is 23.1 Å². The van der Waals surface area contributed by atoms with Gasteiger partial charge in [0.05, 0.1) is 17.3 Å². The molecule has 1 N–H and O–H groups in total. The molecule has 0 saturated carbocycles. The Morgan fingerprint density at radius 3 is 2.86 bits per heavy atom. The first-order valence-electron chi connectivity index (χ1n) is 7.08. The number of hydrogen-bond acceptors (Lipinski definition) is 3. The SMILES string of the molecule is CCNCc1sc2ccccc2c1Cn1cc(Cl)c(C)n1. The average molecular weight is 320 g/mol. The Morgan fingerprint density at radius 1 is 1.33 bits per heavy atom. The van der Waals surface area contributed by atoms with E-state index in [1.165, 1.54) is 20.5 Å². The number of halogens is 1. The molecule has 0 radical (unpaired) electrons. The van der Waals surface area contributed by atoms with E-state index in [1.807, 2.05) is 29.1 Å². The van der Waals surface area contributed by atoms with E-state index in [0.717, 1.165) is 30.4 Å². The van der Waals surface area contributed by atoms with Crippen LogP contribution in [-0.2, 0) is 13.1 Å². The first-order chi connectivity index (χ1) is 10.2. The van der Waals surface area contributed by atoms with Crippen molar-refractivity contribution in [3.05, 3.63) is 51.6 Å². The van der Waals surface area contributed by atoms with Gasteiger partial charge in [0.25, 0.3) is 0 Å². The van der Waals surface area contributed by atoms with Crippen LogP contribution >= 0.6 is 22.9 Å². The molecular weight excluding hydrogens is 302 g/mol. The quantitative estimate of drug-likeness (QED) is 0.763. The summed E-state index contributed by atoms with van der Waals surface area (Å²) < 4.78 is 3.26. The lowest BCUT2D eigenvalue weighted by atomic mass is 10.1. The first-order valence-corrected chi connectivity index (χ1v) is 8.28. The lowest BCUT2D eigenvalue weighted by Crippen LogP contribution is -2.12. The van der Waals surface area contributed by atoms with Gasteiger partial charge in [-0.1, -0.05) is 36.7 Å². The minimum absolute atomic E-state index is 0.725. The van der Waals surface area contributed by atoms with Crippen molar-refractivity contribution in [1.82, 2.24) is 15.1 Å².